The molecule has 0 radical (unpaired) electrons. The minimum atomic E-state index is -0.837. The number of halogens is 2. The Labute approximate surface area is 167 Å². The Hall–Kier alpha value is -3.06. The van der Waals surface area contributed by atoms with Crippen molar-refractivity contribution in [1.29, 1.82) is 0 Å². The Kier molecular flexibility index (Phi) is 4.92. The highest BCUT2D eigenvalue weighted by atomic mass is 19.1. The molecular formula is C22H20F2N2O3. The van der Waals surface area contributed by atoms with Gasteiger partial charge < -0.3 is 9.64 Å². The van der Waals surface area contributed by atoms with E-state index in [1.807, 2.05) is 26.0 Å². The summed E-state index contributed by atoms with van der Waals surface area (Å²) in [6.45, 7) is 5.56. The highest BCUT2D eigenvalue weighted by Gasteiger charge is 2.43. The molecule has 2 aromatic rings. The second-order valence-corrected chi connectivity index (χ2v) is 7.16. The first-order chi connectivity index (χ1) is 13.9. The normalized spacial score (nSPS) is 17.5. The van der Waals surface area contributed by atoms with E-state index in [1.54, 1.807) is 11.0 Å². The maximum Gasteiger partial charge on any atom is 0.282 e. The molecule has 0 saturated carbocycles. The fraction of sp³-hybridized carbons (Fsp3) is 0.273. The lowest BCUT2D eigenvalue weighted by Gasteiger charge is -2.29. The fourth-order valence-electron chi connectivity index (χ4n) is 3.63. The van der Waals surface area contributed by atoms with Crippen LogP contribution in [-0.2, 0) is 14.3 Å². The van der Waals surface area contributed by atoms with Crippen LogP contribution < -0.4 is 4.90 Å². The maximum atomic E-state index is 14.4. The topological polar surface area (TPSA) is 49.9 Å². The molecule has 4 rings (SSSR count). The van der Waals surface area contributed by atoms with E-state index in [0.29, 0.717) is 31.9 Å². The first-order valence-corrected chi connectivity index (χ1v) is 9.37. The van der Waals surface area contributed by atoms with Crippen LogP contribution in [0, 0.1) is 25.5 Å². The number of hydrogen-bond acceptors (Lipinski definition) is 4. The van der Waals surface area contributed by atoms with E-state index < -0.39 is 23.4 Å². The van der Waals surface area contributed by atoms with Crippen LogP contribution >= 0.6 is 0 Å². The Morgan fingerprint density at radius 3 is 2.31 bits per heavy atom. The molecule has 5 nitrogen and oxygen atoms in total. The van der Waals surface area contributed by atoms with Gasteiger partial charge in [0.05, 0.1) is 24.5 Å². The SMILES string of the molecule is Cc1ccc(C2=C(N3CCOCC3)C(=O)N(c3cc(F)ccc3F)C2=O)cc1C. The number of hydrogen-bond donors (Lipinski definition) is 0. The molecule has 0 N–H and O–H groups in total. The van der Waals surface area contributed by atoms with Crippen LogP contribution in [0.5, 0.6) is 0 Å². The number of ether oxygens (including phenoxy) is 1. The number of carbonyl (C=O) groups is 2. The third-order valence-electron chi connectivity index (χ3n) is 5.33. The van der Waals surface area contributed by atoms with Crippen molar-refractivity contribution >= 4 is 23.1 Å². The Bertz CT molecular complexity index is 1040. The van der Waals surface area contributed by atoms with Crippen molar-refractivity contribution in [3.05, 3.63) is 70.4 Å². The summed E-state index contributed by atoms with van der Waals surface area (Å²) in [5, 5.41) is 0. The van der Waals surface area contributed by atoms with E-state index in [4.69, 9.17) is 4.74 Å². The van der Waals surface area contributed by atoms with Crippen molar-refractivity contribution < 1.29 is 23.1 Å². The van der Waals surface area contributed by atoms with Crippen molar-refractivity contribution in [2.75, 3.05) is 31.2 Å². The zero-order chi connectivity index (χ0) is 20.7. The molecule has 150 valence electrons. The molecule has 7 heteroatoms. The van der Waals surface area contributed by atoms with Crippen LogP contribution in [0.1, 0.15) is 16.7 Å². The predicted molar refractivity (Wildman–Crippen MR) is 104 cm³/mol. The average molecular weight is 398 g/mol. The molecule has 0 atom stereocenters. The lowest BCUT2D eigenvalue weighted by Crippen LogP contribution is -2.40. The summed E-state index contributed by atoms with van der Waals surface area (Å²) in [7, 11) is 0. The van der Waals surface area contributed by atoms with Crippen LogP contribution in [0.3, 0.4) is 0 Å². The van der Waals surface area contributed by atoms with Gasteiger partial charge in [0.2, 0.25) is 0 Å². The lowest BCUT2D eigenvalue weighted by atomic mass is 9.99. The Morgan fingerprint density at radius 1 is 0.897 bits per heavy atom. The van der Waals surface area contributed by atoms with Gasteiger partial charge in [0, 0.05) is 19.2 Å². The van der Waals surface area contributed by atoms with Gasteiger partial charge in [-0.3, -0.25) is 9.59 Å². The second kappa shape index (κ2) is 7.40. The van der Waals surface area contributed by atoms with Gasteiger partial charge in [-0.25, -0.2) is 13.7 Å². The minimum absolute atomic E-state index is 0.198. The number of carbonyl (C=O) groups excluding carboxylic acids is 2. The zero-order valence-corrected chi connectivity index (χ0v) is 16.2. The van der Waals surface area contributed by atoms with Crippen LogP contribution in [0.4, 0.5) is 14.5 Å². The quantitative estimate of drug-likeness (QED) is 0.745. The number of anilines is 1. The van der Waals surface area contributed by atoms with E-state index >= 15 is 0 Å². The molecule has 0 bridgehead atoms. The summed E-state index contributed by atoms with van der Waals surface area (Å²) >= 11 is 0. The van der Waals surface area contributed by atoms with E-state index in [9.17, 15) is 18.4 Å². The van der Waals surface area contributed by atoms with Gasteiger partial charge in [-0.1, -0.05) is 18.2 Å². The van der Waals surface area contributed by atoms with Gasteiger partial charge in [0.15, 0.2) is 0 Å². The number of imide groups is 1. The monoisotopic (exact) mass is 398 g/mol. The molecule has 29 heavy (non-hydrogen) atoms. The number of morpholine rings is 1. The van der Waals surface area contributed by atoms with Crippen LogP contribution in [0.2, 0.25) is 0 Å². The largest absolute Gasteiger partial charge is 0.378 e. The number of aryl methyl sites for hydroxylation is 2. The summed E-state index contributed by atoms with van der Waals surface area (Å²) in [5.74, 6) is -2.89. The molecule has 2 aromatic carbocycles. The van der Waals surface area contributed by atoms with Crippen molar-refractivity contribution in [3.8, 4) is 0 Å². The first-order valence-electron chi connectivity index (χ1n) is 9.37. The molecule has 0 aromatic heterocycles. The number of amides is 2. The molecule has 2 heterocycles. The summed E-state index contributed by atoms with van der Waals surface area (Å²) in [4.78, 5) is 29.1. The smallest absolute Gasteiger partial charge is 0.282 e. The van der Waals surface area contributed by atoms with Crippen molar-refractivity contribution in [2.45, 2.75) is 13.8 Å². The lowest BCUT2D eigenvalue weighted by molar-refractivity contribution is -0.121. The van der Waals surface area contributed by atoms with Gasteiger partial charge in [0.1, 0.15) is 17.3 Å². The van der Waals surface area contributed by atoms with Crippen molar-refractivity contribution in [2.24, 2.45) is 0 Å². The molecule has 1 fully saturated rings. The Balaban J connectivity index is 1.87. The molecule has 2 aliphatic rings. The van der Waals surface area contributed by atoms with Gasteiger partial charge in [-0.05, 0) is 42.7 Å². The third-order valence-corrected chi connectivity index (χ3v) is 5.33. The average Bonchev–Trinajstić information content (AvgIpc) is 2.97. The standard InChI is InChI=1S/C22H20F2N2O3/c1-13-3-4-15(11-14(13)2)19-20(25-7-9-29-10-8-25)22(28)26(21(19)27)18-12-16(23)5-6-17(18)24/h3-6,11-12H,7-10H2,1-2H3. The molecular weight excluding hydrogens is 378 g/mol. The summed E-state index contributed by atoms with van der Waals surface area (Å²) in [5.41, 5.74) is 2.60. The third kappa shape index (κ3) is 3.31. The number of rotatable bonds is 3. The van der Waals surface area contributed by atoms with Crippen LogP contribution in [-0.4, -0.2) is 43.0 Å². The highest BCUT2D eigenvalue weighted by Crippen LogP contribution is 2.36. The zero-order valence-electron chi connectivity index (χ0n) is 16.2. The fourth-order valence-corrected chi connectivity index (χ4v) is 3.63. The van der Waals surface area contributed by atoms with Crippen LogP contribution in [0.25, 0.3) is 5.57 Å². The number of benzene rings is 2. The van der Waals surface area contributed by atoms with Crippen molar-refractivity contribution in [3.63, 3.8) is 0 Å². The number of nitrogens with zero attached hydrogens (tertiary/aromatic N) is 2. The summed E-state index contributed by atoms with van der Waals surface area (Å²) in [6.07, 6.45) is 0. The maximum absolute atomic E-state index is 14.4. The second-order valence-electron chi connectivity index (χ2n) is 7.16. The van der Waals surface area contributed by atoms with Crippen LogP contribution in [0.15, 0.2) is 42.1 Å². The highest BCUT2D eigenvalue weighted by molar-refractivity contribution is 6.45. The minimum Gasteiger partial charge on any atom is -0.378 e. The van der Waals surface area contributed by atoms with Gasteiger partial charge in [-0.2, -0.15) is 0 Å². The summed E-state index contributed by atoms with van der Waals surface area (Å²) in [6, 6.07) is 8.21. The molecule has 0 unspecified atom stereocenters. The Morgan fingerprint density at radius 2 is 1.62 bits per heavy atom. The van der Waals surface area contributed by atoms with Crippen molar-refractivity contribution in [1.82, 2.24) is 4.90 Å². The van der Waals surface area contributed by atoms with E-state index in [0.717, 1.165) is 34.2 Å². The van der Waals surface area contributed by atoms with Gasteiger partial charge in [0.25, 0.3) is 11.8 Å². The van der Waals surface area contributed by atoms with E-state index in [1.165, 1.54) is 0 Å². The van der Waals surface area contributed by atoms with Gasteiger partial charge >= 0.3 is 0 Å². The predicted octanol–water partition coefficient (Wildman–Crippen LogP) is 3.20. The summed E-state index contributed by atoms with van der Waals surface area (Å²) < 4.78 is 33.5. The van der Waals surface area contributed by atoms with Gasteiger partial charge in [-0.15, -0.1) is 0 Å². The molecule has 0 aliphatic carbocycles. The molecule has 2 amide bonds. The first kappa shape index (κ1) is 19.3. The van der Waals surface area contributed by atoms with E-state index in [2.05, 4.69) is 0 Å². The van der Waals surface area contributed by atoms with E-state index in [-0.39, 0.29) is 17.0 Å². The molecule has 0 spiro atoms. The molecule has 2 aliphatic heterocycles. The molecule has 1 saturated heterocycles.